The van der Waals surface area contributed by atoms with Gasteiger partial charge in [-0.2, -0.15) is 0 Å². The van der Waals surface area contributed by atoms with E-state index in [0.29, 0.717) is 23.9 Å². The molecule has 0 atom stereocenters. The fraction of sp³-hybridized carbons (Fsp3) is 0.0714. The molecule has 2 aromatic rings. The summed E-state index contributed by atoms with van der Waals surface area (Å²) in [5, 5.41) is 9.72. The molecule has 11 nitrogen and oxygen atoms in total. The average Bonchev–Trinajstić information content (AvgIpc) is 2.51. The van der Waals surface area contributed by atoms with E-state index >= 15 is 0 Å². The van der Waals surface area contributed by atoms with Gasteiger partial charge in [0, 0.05) is 12.6 Å². The van der Waals surface area contributed by atoms with E-state index in [2.05, 4.69) is 15.5 Å². The van der Waals surface area contributed by atoms with Crippen LogP contribution in [-0.4, -0.2) is 31.8 Å². The van der Waals surface area contributed by atoms with Gasteiger partial charge >= 0.3 is 59.1 Å². The van der Waals surface area contributed by atoms with Gasteiger partial charge in [0.25, 0.3) is 0 Å². The molecule has 29 heavy (non-hydrogen) atoms. The Labute approximate surface area is 211 Å². The molecule has 0 spiro atoms. The van der Waals surface area contributed by atoms with Crippen molar-refractivity contribution in [2.45, 2.75) is 16.7 Å². The number of anilines is 2. The molecule has 3 N–H and O–H groups in total. The van der Waals surface area contributed by atoms with Crippen molar-refractivity contribution in [1.82, 2.24) is 0 Å². The Morgan fingerprint density at radius 1 is 0.931 bits per heavy atom. The van der Waals surface area contributed by atoms with Gasteiger partial charge < -0.3 is 20.2 Å². The summed E-state index contributed by atoms with van der Waals surface area (Å²) in [6.45, 7) is 1.23. The molecule has 1 amide bonds. The molecule has 144 valence electrons. The normalized spacial score (nSPS) is 11.4. The summed E-state index contributed by atoms with van der Waals surface area (Å²) in [7, 11) is -9.95. The van der Waals surface area contributed by atoms with Gasteiger partial charge in [-0.15, -0.1) is 10.2 Å². The van der Waals surface area contributed by atoms with Crippen LogP contribution in [0, 0.1) is 0 Å². The molecule has 0 aliphatic rings. The average molecular weight is 458 g/mol. The Kier molecular flexibility index (Phi) is 10.6. The van der Waals surface area contributed by atoms with Crippen molar-refractivity contribution in [3.05, 3.63) is 36.4 Å². The molecule has 0 heterocycles. The van der Waals surface area contributed by atoms with Crippen molar-refractivity contribution in [2.24, 2.45) is 10.2 Å². The number of rotatable bonds is 5. The maximum Gasteiger partial charge on any atom is 1.00 e. The number of azo groups is 1. The van der Waals surface area contributed by atoms with Crippen LogP contribution < -0.4 is 70.2 Å². The summed E-state index contributed by atoms with van der Waals surface area (Å²) in [6.07, 6.45) is 0. The standard InChI is InChI=1S/C14H14N4O7S2.2Na/c1-8(19)16-12-6-9(15)2-4-11(12)17-18-13-7-10(26(20,21)22)3-5-14(13)27(23,24)25;;/h2-7H,15H2,1H3,(H,16,19)(H,20,21,22)(H,23,24,25);;/q;2*+1/p-2. The first kappa shape index (κ1) is 28.1. The molecule has 0 unspecified atom stereocenters. The molecule has 2 aromatic carbocycles. The van der Waals surface area contributed by atoms with Crippen molar-refractivity contribution in [2.75, 3.05) is 11.1 Å². The first-order chi connectivity index (χ1) is 12.4. The van der Waals surface area contributed by atoms with Crippen LogP contribution in [0.5, 0.6) is 0 Å². The maximum absolute atomic E-state index is 11.3. The number of hydrogen-bond donors (Lipinski definition) is 2. The molecular weight excluding hydrogens is 446 g/mol. The van der Waals surface area contributed by atoms with E-state index in [1.54, 1.807) is 0 Å². The third kappa shape index (κ3) is 8.05. The van der Waals surface area contributed by atoms with E-state index < -0.39 is 41.6 Å². The monoisotopic (exact) mass is 458 g/mol. The van der Waals surface area contributed by atoms with Gasteiger partial charge in [-0.25, -0.2) is 16.8 Å². The van der Waals surface area contributed by atoms with Crippen LogP contribution in [0.1, 0.15) is 6.92 Å². The molecule has 0 aromatic heterocycles. The van der Waals surface area contributed by atoms with Gasteiger partial charge in [-0.1, -0.05) is 0 Å². The van der Waals surface area contributed by atoms with Crippen molar-refractivity contribution in [3.8, 4) is 0 Å². The van der Waals surface area contributed by atoms with Gasteiger partial charge in [0.15, 0.2) is 0 Å². The Bertz CT molecular complexity index is 1150. The first-order valence-electron chi connectivity index (χ1n) is 7.02. The summed E-state index contributed by atoms with van der Waals surface area (Å²) in [4.78, 5) is 9.59. The molecule has 0 saturated heterocycles. The minimum atomic E-state index is -5.03. The number of nitrogens with two attached hydrogens (primary N) is 1. The van der Waals surface area contributed by atoms with Gasteiger partial charge in [-0.05, 0) is 36.4 Å². The Hall–Kier alpha value is -0.870. The third-order valence-electron chi connectivity index (χ3n) is 3.09. The molecule has 2 rings (SSSR count). The fourth-order valence-corrected chi connectivity index (χ4v) is 3.06. The molecule has 0 aliphatic carbocycles. The Morgan fingerprint density at radius 2 is 1.52 bits per heavy atom. The van der Waals surface area contributed by atoms with Crippen molar-refractivity contribution >= 4 is 48.9 Å². The molecule has 0 aliphatic heterocycles. The third-order valence-corrected chi connectivity index (χ3v) is 4.80. The zero-order valence-corrected chi connectivity index (χ0v) is 21.2. The number of nitrogens with zero attached hydrogens (tertiary/aromatic N) is 2. The molecule has 15 heteroatoms. The number of carbonyl (C=O) groups is 1. The van der Waals surface area contributed by atoms with E-state index in [1.807, 2.05) is 0 Å². The van der Waals surface area contributed by atoms with Crippen LogP contribution in [-0.2, 0) is 25.0 Å². The summed E-state index contributed by atoms with van der Waals surface area (Å²) >= 11 is 0. The minimum absolute atomic E-state index is 0. The largest absolute Gasteiger partial charge is 1.00 e. The summed E-state index contributed by atoms with van der Waals surface area (Å²) < 4.78 is 67.3. The number of amides is 1. The summed E-state index contributed by atoms with van der Waals surface area (Å²) in [5.41, 5.74) is 5.45. The minimum Gasteiger partial charge on any atom is -0.744 e. The van der Waals surface area contributed by atoms with Gasteiger partial charge in [-0.3, -0.25) is 4.79 Å². The van der Waals surface area contributed by atoms with Gasteiger partial charge in [0.2, 0.25) is 5.91 Å². The number of benzene rings is 2. The van der Waals surface area contributed by atoms with Crippen LogP contribution in [0.3, 0.4) is 0 Å². The van der Waals surface area contributed by atoms with Crippen molar-refractivity contribution in [1.29, 1.82) is 0 Å². The number of carbonyl (C=O) groups excluding carboxylic acids is 1. The smallest absolute Gasteiger partial charge is 0.744 e. The summed E-state index contributed by atoms with van der Waals surface area (Å²) in [6, 6.07) is 6.08. The number of hydrogen-bond acceptors (Lipinski definition) is 10. The molecule has 0 bridgehead atoms. The number of nitrogen functional groups attached to an aromatic ring is 1. The predicted octanol–water partition coefficient (Wildman–Crippen LogP) is -4.54. The van der Waals surface area contributed by atoms with E-state index in [9.17, 15) is 30.7 Å². The van der Waals surface area contributed by atoms with E-state index in [1.165, 1.54) is 25.1 Å². The fourth-order valence-electron chi connectivity index (χ4n) is 1.98. The van der Waals surface area contributed by atoms with Crippen LogP contribution in [0.4, 0.5) is 22.7 Å². The van der Waals surface area contributed by atoms with Crippen LogP contribution in [0.15, 0.2) is 56.4 Å². The quantitative estimate of drug-likeness (QED) is 0.193. The molecule has 0 saturated carbocycles. The van der Waals surface area contributed by atoms with Crippen LogP contribution in [0.25, 0.3) is 0 Å². The van der Waals surface area contributed by atoms with Crippen molar-refractivity contribution in [3.63, 3.8) is 0 Å². The van der Waals surface area contributed by atoms with Crippen LogP contribution in [0.2, 0.25) is 0 Å². The summed E-state index contributed by atoms with van der Waals surface area (Å²) in [5.74, 6) is -0.445. The van der Waals surface area contributed by atoms with E-state index in [-0.39, 0.29) is 70.5 Å². The number of nitrogens with one attached hydrogen (secondary N) is 1. The zero-order chi connectivity index (χ0) is 20.4. The SMILES string of the molecule is CC(=O)Nc1cc(N)ccc1N=Nc1cc(S(=O)(=O)[O-])ccc1S(=O)(=O)[O-].[Na+].[Na+]. The topological polar surface area (TPSA) is 194 Å². The molecular formula is C14H12N4Na2O7S2. The van der Waals surface area contributed by atoms with Gasteiger partial charge in [0.1, 0.15) is 31.6 Å². The van der Waals surface area contributed by atoms with Crippen LogP contribution >= 0.6 is 0 Å². The molecule has 0 fully saturated rings. The second-order valence-electron chi connectivity index (χ2n) is 5.20. The van der Waals surface area contributed by atoms with E-state index in [0.717, 1.165) is 0 Å². The van der Waals surface area contributed by atoms with Gasteiger partial charge in [0.05, 0.1) is 15.5 Å². The maximum atomic E-state index is 11.3. The molecule has 0 radical (unpaired) electrons. The Morgan fingerprint density at radius 3 is 2.03 bits per heavy atom. The second kappa shape index (κ2) is 10.9. The van der Waals surface area contributed by atoms with Crippen molar-refractivity contribution < 1.29 is 89.9 Å². The second-order valence-corrected chi connectivity index (χ2v) is 7.92. The van der Waals surface area contributed by atoms with E-state index in [4.69, 9.17) is 5.73 Å². The Balaban J connectivity index is 0.00000392. The predicted molar refractivity (Wildman–Crippen MR) is 91.7 cm³/mol. The first-order valence-corrected chi connectivity index (χ1v) is 9.84. The zero-order valence-electron chi connectivity index (χ0n) is 15.6.